The van der Waals surface area contributed by atoms with Crippen molar-refractivity contribution in [2.24, 2.45) is 0 Å². The number of sulfonamides is 1. The van der Waals surface area contributed by atoms with Crippen LogP contribution in [0.4, 0.5) is 5.69 Å². The van der Waals surface area contributed by atoms with Crippen LogP contribution in [0.1, 0.15) is 39.5 Å². The van der Waals surface area contributed by atoms with Crippen molar-refractivity contribution in [3.8, 4) is 0 Å². The molecule has 0 aromatic heterocycles. The second kappa shape index (κ2) is 10.4. The first-order valence-corrected chi connectivity index (χ1v) is 11.9. The Labute approximate surface area is 189 Å². The minimum atomic E-state index is -3.82. The maximum absolute atomic E-state index is 12.8. The third-order valence-corrected chi connectivity index (χ3v) is 6.40. The molecular weight excluding hydrogens is 424 g/mol. The van der Waals surface area contributed by atoms with Crippen molar-refractivity contribution in [2.45, 2.75) is 38.8 Å². The lowest BCUT2D eigenvalue weighted by Crippen LogP contribution is -2.24. The number of carbonyl (C=O) groups excluding carboxylic acids is 1. The molecule has 3 rings (SSSR count). The lowest BCUT2D eigenvalue weighted by molar-refractivity contribution is 0.0950. The molecule has 3 aromatic carbocycles. The van der Waals surface area contributed by atoms with Crippen molar-refractivity contribution in [1.29, 1.82) is 0 Å². The summed E-state index contributed by atoms with van der Waals surface area (Å²) in [7, 11) is -3.82. The van der Waals surface area contributed by atoms with Crippen LogP contribution >= 0.6 is 0 Å². The van der Waals surface area contributed by atoms with E-state index < -0.39 is 10.0 Å². The molecule has 32 heavy (non-hydrogen) atoms. The molecule has 6 nitrogen and oxygen atoms in total. The van der Waals surface area contributed by atoms with Crippen LogP contribution in [0, 0.1) is 13.8 Å². The lowest BCUT2D eigenvalue weighted by Gasteiger charge is -2.12. The molecule has 0 aliphatic heterocycles. The Kier molecular flexibility index (Phi) is 7.66. The molecule has 2 N–H and O–H groups in total. The van der Waals surface area contributed by atoms with Gasteiger partial charge in [0.1, 0.15) is 0 Å². The van der Waals surface area contributed by atoms with E-state index in [2.05, 4.69) is 10.0 Å². The van der Waals surface area contributed by atoms with Crippen molar-refractivity contribution in [2.75, 3.05) is 11.3 Å². The van der Waals surface area contributed by atoms with Crippen LogP contribution < -0.4 is 10.0 Å². The Morgan fingerprint density at radius 2 is 1.56 bits per heavy atom. The van der Waals surface area contributed by atoms with E-state index in [-0.39, 0.29) is 10.8 Å². The van der Waals surface area contributed by atoms with E-state index in [1.165, 1.54) is 12.1 Å². The zero-order valence-corrected chi connectivity index (χ0v) is 19.3. The van der Waals surface area contributed by atoms with E-state index in [1.54, 1.807) is 25.1 Å². The van der Waals surface area contributed by atoms with Crippen LogP contribution in [0.3, 0.4) is 0 Å². The fraction of sp³-hybridized carbons (Fsp3) is 0.240. The van der Waals surface area contributed by atoms with Crippen LogP contribution in [-0.4, -0.2) is 20.9 Å². The predicted octanol–water partition coefficient (Wildman–Crippen LogP) is 4.57. The van der Waals surface area contributed by atoms with Crippen LogP contribution in [0.15, 0.2) is 71.6 Å². The highest BCUT2D eigenvalue weighted by molar-refractivity contribution is 7.92. The van der Waals surface area contributed by atoms with E-state index in [4.69, 9.17) is 4.74 Å². The lowest BCUT2D eigenvalue weighted by atomic mass is 10.1. The fourth-order valence-electron chi connectivity index (χ4n) is 3.10. The van der Waals surface area contributed by atoms with Crippen LogP contribution in [-0.2, 0) is 27.9 Å². The van der Waals surface area contributed by atoms with E-state index in [1.807, 2.05) is 50.2 Å². The molecule has 3 aromatic rings. The Hall–Kier alpha value is -3.16. The molecule has 0 bridgehead atoms. The smallest absolute Gasteiger partial charge is 0.261 e. The highest BCUT2D eigenvalue weighted by atomic mass is 32.2. The molecule has 0 saturated carbocycles. The number of ether oxygens (including phenoxy) is 1. The molecule has 0 unspecified atom stereocenters. The first-order valence-electron chi connectivity index (χ1n) is 10.4. The topological polar surface area (TPSA) is 84.5 Å². The van der Waals surface area contributed by atoms with Crippen molar-refractivity contribution < 1.29 is 17.9 Å². The molecule has 0 heterocycles. The largest absolute Gasteiger partial charge is 0.377 e. The third kappa shape index (κ3) is 6.18. The average Bonchev–Trinajstić information content (AvgIpc) is 2.78. The van der Waals surface area contributed by atoms with Crippen molar-refractivity contribution >= 4 is 21.6 Å². The summed E-state index contributed by atoms with van der Waals surface area (Å²) in [6, 6.07) is 19.4. The van der Waals surface area contributed by atoms with Gasteiger partial charge in [-0.05, 0) is 61.7 Å². The molecule has 0 spiro atoms. The predicted molar refractivity (Wildman–Crippen MR) is 126 cm³/mol. The summed E-state index contributed by atoms with van der Waals surface area (Å²) in [5.41, 5.74) is 4.53. The molecule has 0 aliphatic carbocycles. The molecule has 0 atom stereocenters. The van der Waals surface area contributed by atoms with Gasteiger partial charge in [0.15, 0.2) is 0 Å². The van der Waals surface area contributed by atoms with Crippen molar-refractivity contribution in [3.05, 3.63) is 94.5 Å². The fourth-order valence-corrected chi connectivity index (χ4v) is 4.18. The van der Waals surface area contributed by atoms with Crippen molar-refractivity contribution in [3.63, 3.8) is 0 Å². The number of rotatable bonds is 9. The first kappa shape index (κ1) is 23.5. The minimum absolute atomic E-state index is 0.0362. The second-order valence-electron chi connectivity index (χ2n) is 7.58. The summed E-state index contributed by atoms with van der Waals surface area (Å²) in [6.45, 7) is 7.21. The van der Waals surface area contributed by atoms with E-state index >= 15 is 0 Å². The molecule has 1 amide bonds. The number of benzene rings is 3. The van der Waals surface area contributed by atoms with Gasteiger partial charge in [-0.2, -0.15) is 0 Å². The average molecular weight is 453 g/mol. The van der Waals surface area contributed by atoms with Gasteiger partial charge in [-0.1, -0.05) is 48.0 Å². The van der Waals surface area contributed by atoms with Crippen molar-refractivity contribution in [1.82, 2.24) is 5.32 Å². The van der Waals surface area contributed by atoms with Gasteiger partial charge in [-0.3, -0.25) is 9.52 Å². The Bertz CT molecular complexity index is 1170. The van der Waals surface area contributed by atoms with Crippen LogP contribution in [0.2, 0.25) is 0 Å². The van der Waals surface area contributed by atoms with Gasteiger partial charge in [0.2, 0.25) is 0 Å². The normalized spacial score (nSPS) is 11.2. The summed E-state index contributed by atoms with van der Waals surface area (Å²) in [6.07, 6.45) is 0. The Morgan fingerprint density at radius 3 is 2.22 bits per heavy atom. The molecule has 0 saturated heterocycles. The van der Waals surface area contributed by atoms with Gasteiger partial charge >= 0.3 is 0 Å². The molecule has 7 heteroatoms. The first-order chi connectivity index (χ1) is 15.3. The Balaban J connectivity index is 1.70. The molecule has 0 radical (unpaired) electrons. The number of amides is 1. The summed E-state index contributed by atoms with van der Waals surface area (Å²) >= 11 is 0. The molecule has 168 valence electrons. The van der Waals surface area contributed by atoms with Gasteiger partial charge in [0.25, 0.3) is 15.9 Å². The minimum Gasteiger partial charge on any atom is -0.377 e. The van der Waals surface area contributed by atoms with Gasteiger partial charge in [0, 0.05) is 24.4 Å². The summed E-state index contributed by atoms with van der Waals surface area (Å²) < 4.78 is 33.6. The number of hydrogen-bond donors (Lipinski definition) is 2. The van der Waals surface area contributed by atoms with E-state index in [0.29, 0.717) is 36.6 Å². The maximum Gasteiger partial charge on any atom is 0.261 e. The van der Waals surface area contributed by atoms with Gasteiger partial charge in [0.05, 0.1) is 11.5 Å². The summed E-state index contributed by atoms with van der Waals surface area (Å²) in [5.74, 6) is -0.326. The molecule has 0 fully saturated rings. The Morgan fingerprint density at radius 1 is 0.906 bits per heavy atom. The standard InChI is InChI=1S/C25H28N2O4S/c1-4-31-17-21-10-8-20(9-11-21)16-26-25(28)24-15-23(14-7-19(24)3)32(29,30)27-22-12-5-18(2)6-13-22/h5-15,27H,4,16-17H2,1-3H3,(H,26,28). The van der Waals surface area contributed by atoms with Gasteiger partial charge < -0.3 is 10.1 Å². The molecule has 0 aliphatic rings. The summed E-state index contributed by atoms with van der Waals surface area (Å²) in [4.78, 5) is 12.8. The van der Waals surface area contributed by atoms with Gasteiger partial charge in [-0.25, -0.2) is 8.42 Å². The van der Waals surface area contributed by atoms with Gasteiger partial charge in [-0.15, -0.1) is 0 Å². The summed E-state index contributed by atoms with van der Waals surface area (Å²) in [5, 5.41) is 2.87. The number of hydrogen-bond acceptors (Lipinski definition) is 4. The molecular formula is C25H28N2O4S. The number of nitrogens with one attached hydrogen (secondary N) is 2. The highest BCUT2D eigenvalue weighted by Crippen LogP contribution is 2.20. The third-order valence-electron chi connectivity index (χ3n) is 5.02. The zero-order chi connectivity index (χ0) is 23.1. The SMILES string of the molecule is CCOCc1ccc(CNC(=O)c2cc(S(=O)(=O)Nc3ccc(C)cc3)ccc2C)cc1. The second-order valence-corrected chi connectivity index (χ2v) is 9.27. The zero-order valence-electron chi connectivity index (χ0n) is 18.5. The number of anilines is 1. The van der Waals surface area contributed by atoms with E-state index in [9.17, 15) is 13.2 Å². The number of carbonyl (C=O) groups is 1. The van der Waals surface area contributed by atoms with E-state index in [0.717, 1.165) is 16.7 Å². The quantitative estimate of drug-likeness (QED) is 0.498. The van der Waals surface area contributed by atoms with Crippen LogP contribution in [0.25, 0.3) is 0 Å². The van der Waals surface area contributed by atoms with Crippen LogP contribution in [0.5, 0.6) is 0 Å². The number of aryl methyl sites for hydroxylation is 2. The maximum atomic E-state index is 12.8. The highest BCUT2D eigenvalue weighted by Gasteiger charge is 2.18. The monoisotopic (exact) mass is 452 g/mol.